The fraction of sp³-hybridized carbons (Fsp3) is 0.400. The first-order valence-corrected chi connectivity index (χ1v) is 8.69. The molecular weight excluding hydrogens is 302 g/mol. The van der Waals surface area contributed by atoms with Gasteiger partial charge in [-0.2, -0.15) is 0 Å². The van der Waals surface area contributed by atoms with Crippen molar-refractivity contribution in [1.82, 2.24) is 4.90 Å². The molecule has 4 heteroatoms. The van der Waals surface area contributed by atoms with Crippen molar-refractivity contribution in [3.05, 3.63) is 47.5 Å². The molecule has 0 bridgehead atoms. The Morgan fingerprint density at radius 1 is 1.04 bits per heavy atom. The van der Waals surface area contributed by atoms with Gasteiger partial charge in [0.25, 0.3) is 11.8 Å². The summed E-state index contributed by atoms with van der Waals surface area (Å²) in [6.07, 6.45) is 2.32. The van der Waals surface area contributed by atoms with E-state index in [1.165, 1.54) is 4.90 Å². The number of amides is 2. The molecule has 0 aromatic heterocycles. The summed E-state index contributed by atoms with van der Waals surface area (Å²) in [6.45, 7) is 4.62. The molecular formula is C20H21NO3. The zero-order chi connectivity index (χ0) is 16.8. The third-order valence-electron chi connectivity index (χ3n) is 5.29. The van der Waals surface area contributed by atoms with Gasteiger partial charge in [-0.05, 0) is 30.4 Å². The van der Waals surface area contributed by atoms with Gasteiger partial charge in [-0.1, -0.05) is 38.1 Å². The number of hydrogen-bond acceptors (Lipinski definition) is 3. The van der Waals surface area contributed by atoms with Crippen LogP contribution in [0.2, 0.25) is 0 Å². The van der Waals surface area contributed by atoms with Gasteiger partial charge < -0.3 is 4.74 Å². The van der Waals surface area contributed by atoms with Crippen LogP contribution in [0.25, 0.3) is 10.8 Å². The number of carbonyl (C=O) groups excluding carboxylic acids is 2. The lowest BCUT2D eigenvalue weighted by atomic mass is 9.92. The number of ether oxygens (including phenoxy) is 1. The van der Waals surface area contributed by atoms with Crippen molar-refractivity contribution in [2.75, 3.05) is 6.54 Å². The van der Waals surface area contributed by atoms with Gasteiger partial charge in [0.1, 0.15) is 0 Å². The molecule has 3 unspecified atom stereocenters. The number of imide groups is 1. The minimum Gasteiger partial charge on any atom is -0.369 e. The van der Waals surface area contributed by atoms with Gasteiger partial charge >= 0.3 is 0 Å². The quantitative estimate of drug-likeness (QED) is 0.623. The second-order valence-corrected chi connectivity index (χ2v) is 6.65. The Morgan fingerprint density at radius 2 is 1.67 bits per heavy atom. The van der Waals surface area contributed by atoms with E-state index in [-0.39, 0.29) is 29.9 Å². The highest BCUT2D eigenvalue weighted by molar-refractivity contribution is 6.25. The van der Waals surface area contributed by atoms with E-state index in [1.807, 2.05) is 36.4 Å². The van der Waals surface area contributed by atoms with Gasteiger partial charge in [0.05, 0.1) is 12.2 Å². The van der Waals surface area contributed by atoms with Crippen LogP contribution in [-0.4, -0.2) is 35.5 Å². The highest BCUT2D eigenvalue weighted by atomic mass is 16.6. The number of carbonyl (C=O) groups is 2. The summed E-state index contributed by atoms with van der Waals surface area (Å²) in [5.41, 5.74) is 1.25. The molecule has 0 N–H and O–H groups in total. The number of nitrogens with zero attached hydrogens (tertiary/aromatic N) is 1. The molecule has 24 heavy (non-hydrogen) atoms. The molecule has 0 spiro atoms. The minimum atomic E-state index is -0.184. The van der Waals surface area contributed by atoms with E-state index in [0.29, 0.717) is 17.7 Å². The molecule has 2 aliphatic heterocycles. The topological polar surface area (TPSA) is 49.9 Å². The first-order valence-electron chi connectivity index (χ1n) is 8.69. The number of epoxide rings is 1. The maximum Gasteiger partial charge on any atom is 0.261 e. The van der Waals surface area contributed by atoms with Gasteiger partial charge in [-0.3, -0.25) is 14.5 Å². The van der Waals surface area contributed by atoms with E-state index in [0.717, 1.165) is 23.6 Å². The van der Waals surface area contributed by atoms with Crippen LogP contribution in [0, 0.1) is 5.92 Å². The first-order chi connectivity index (χ1) is 11.7. The van der Waals surface area contributed by atoms with Crippen molar-refractivity contribution in [1.29, 1.82) is 0 Å². The van der Waals surface area contributed by atoms with Crippen LogP contribution in [0.4, 0.5) is 0 Å². The Morgan fingerprint density at radius 3 is 2.17 bits per heavy atom. The molecule has 0 aliphatic carbocycles. The largest absolute Gasteiger partial charge is 0.369 e. The van der Waals surface area contributed by atoms with Crippen molar-refractivity contribution in [2.45, 2.75) is 38.9 Å². The third-order valence-corrected chi connectivity index (χ3v) is 5.29. The standard InChI is InChI=1S/C20H21NO3/c1-3-12(18-16(4-2)24-18)11-21-19(22)14-9-5-7-13-8-6-10-15(17(13)14)20(21)23/h5-10,12,16,18H,3-4,11H2,1-2H3. The lowest BCUT2D eigenvalue weighted by Gasteiger charge is -2.29. The highest BCUT2D eigenvalue weighted by Crippen LogP contribution is 2.36. The number of hydrogen-bond donors (Lipinski definition) is 0. The van der Waals surface area contributed by atoms with Crippen LogP contribution >= 0.6 is 0 Å². The zero-order valence-electron chi connectivity index (χ0n) is 14.0. The first kappa shape index (κ1) is 15.3. The summed E-state index contributed by atoms with van der Waals surface area (Å²) in [4.78, 5) is 27.3. The third kappa shape index (κ3) is 2.25. The average molecular weight is 323 g/mol. The van der Waals surface area contributed by atoms with Crippen molar-refractivity contribution in [3.63, 3.8) is 0 Å². The lowest BCUT2D eigenvalue weighted by molar-refractivity contribution is 0.0574. The Kier molecular flexibility index (Phi) is 3.65. The smallest absolute Gasteiger partial charge is 0.261 e. The number of rotatable bonds is 5. The normalized spacial score (nSPS) is 23.7. The molecule has 2 amide bonds. The van der Waals surface area contributed by atoms with Crippen LogP contribution in [-0.2, 0) is 4.74 Å². The number of benzene rings is 2. The van der Waals surface area contributed by atoms with Crippen LogP contribution in [0.3, 0.4) is 0 Å². The van der Waals surface area contributed by atoms with E-state index in [9.17, 15) is 9.59 Å². The molecule has 124 valence electrons. The van der Waals surface area contributed by atoms with Crippen LogP contribution in [0.15, 0.2) is 36.4 Å². The van der Waals surface area contributed by atoms with Gasteiger partial charge in [-0.15, -0.1) is 0 Å². The van der Waals surface area contributed by atoms with Gasteiger partial charge in [0.2, 0.25) is 0 Å². The summed E-state index contributed by atoms with van der Waals surface area (Å²) in [5, 5.41) is 1.73. The van der Waals surface area contributed by atoms with Gasteiger partial charge in [0, 0.05) is 29.0 Å². The predicted octanol–water partition coefficient (Wildman–Crippen LogP) is 3.64. The molecule has 2 heterocycles. The highest BCUT2D eigenvalue weighted by Gasteiger charge is 2.45. The molecule has 2 aromatic carbocycles. The second-order valence-electron chi connectivity index (χ2n) is 6.65. The minimum absolute atomic E-state index is 0.175. The summed E-state index contributed by atoms with van der Waals surface area (Å²) in [5.74, 6) is -0.166. The summed E-state index contributed by atoms with van der Waals surface area (Å²) < 4.78 is 5.71. The maximum atomic E-state index is 12.9. The van der Waals surface area contributed by atoms with Gasteiger partial charge in [0.15, 0.2) is 0 Å². The molecule has 3 atom stereocenters. The molecule has 2 aliphatic rings. The molecule has 1 fully saturated rings. The van der Waals surface area contributed by atoms with E-state index in [4.69, 9.17) is 4.74 Å². The van der Waals surface area contributed by atoms with E-state index in [1.54, 1.807) is 0 Å². The van der Waals surface area contributed by atoms with Crippen molar-refractivity contribution in [2.24, 2.45) is 5.92 Å². The predicted molar refractivity (Wildman–Crippen MR) is 92.0 cm³/mol. The summed E-state index contributed by atoms with van der Waals surface area (Å²) in [6, 6.07) is 11.3. The van der Waals surface area contributed by atoms with E-state index >= 15 is 0 Å². The molecule has 2 aromatic rings. The SMILES string of the molecule is CCC(CN1C(=O)c2cccc3cccc(c23)C1=O)C1OC1CC. The average Bonchev–Trinajstić information content (AvgIpc) is 3.39. The molecule has 4 rings (SSSR count). The molecule has 1 saturated heterocycles. The van der Waals surface area contributed by atoms with Crippen molar-refractivity contribution < 1.29 is 14.3 Å². The molecule has 0 saturated carbocycles. The van der Waals surface area contributed by atoms with Gasteiger partial charge in [-0.25, -0.2) is 0 Å². The monoisotopic (exact) mass is 323 g/mol. The molecule has 0 radical (unpaired) electrons. The Bertz CT molecular complexity index is 778. The zero-order valence-corrected chi connectivity index (χ0v) is 14.0. The summed E-state index contributed by atoms with van der Waals surface area (Å²) >= 11 is 0. The lowest BCUT2D eigenvalue weighted by Crippen LogP contribution is -2.44. The second kappa shape index (κ2) is 5.71. The Balaban J connectivity index is 1.69. The maximum absolute atomic E-state index is 12.9. The molecule has 4 nitrogen and oxygen atoms in total. The Hall–Kier alpha value is -2.20. The Labute approximate surface area is 141 Å². The fourth-order valence-electron chi connectivity index (χ4n) is 3.85. The van der Waals surface area contributed by atoms with Crippen LogP contribution in [0.1, 0.15) is 47.4 Å². The fourth-order valence-corrected chi connectivity index (χ4v) is 3.85. The van der Waals surface area contributed by atoms with Crippen LogP contribution < -0.4 is 0 Å². The van der Waals surface area contributed by atoms with E-state index in [2.05, 4.69) is 13.8 Å². The van der Waals surface area contributed by atoms with E-state index < -0.39 is 0 Å². The summed E-state index contributed by atoms with van der Waals surface area (Å²) in [7, 11) is 0. The van der Waals surface area contributed by atoms with Crippen LogP contribution in [0.5, 0.6) is 0 Å². The van der Waals surface area contributed by atoms with Crippen molar-refractivity contribution in [3.8, 4) is 0 Å². The van der Waals surface area contributed by atoms with Crippen molar-refractivity contribution >= 4 is 22.6 Å².